The summed E-state index contributed by atoms with van der Waals surface area (Å²) in [5.41, 5.74) is 6.16. The van der Waals surface area contributed by atoms with Crippen molar-refractivity contribution in [3.05, 3.63) is 0 Å². The summed E-state index contributed by atoms with van der Waals surface area (Å²) in [6.45, 7) is 10.5. The zero-order valence-corrected chi connectivity index (χ0v) is 10.1. The van der Waals surface area contributed by atoms with Gasteiger partial charge in [0.05, 0.1) is 0 Å². The second kappa shape index (κ2) is 7.93. The number of nitrogens with two attached hydrogens (primary N) is 1. The molecule has 2 N–H and O–H groups in total. The van der Waals surface area contributed by atoms with Crippen LogP contribution in [0.1, 0.15) is 47.5 Å². The quantitative estimate of drug-likeness (QED) is 0.656. The maximum atomic E-state index is 5.90. The molecular formula is C10H25NS. The third kappa shape index (κ3) is 5.90. The summed E-state index contributed by atoms with van der Waals surface area (Å²) >= 11 is 4.19. The third-order valence-electron chi connectivity index (χ3n) is 2.20. The van der Waals surface area contributed by atoms with Gasteiger partial charge in [-0.25, -0.2) is 0 Å². The Kier molecular flexibility index (Phi) is 9.79. The Morgan fingerprint density at radius 3 is 2.00 bits per heavy atom. The topological polar surface area (TPSA) is 26.0 Å². The van der Waals surface area contributed by atoms with Gasteiger partial charge in [-0.1, -0.05) is 34.6 Å². The number of hydrogen-bond donors (Lipinski definition) is 2. The molecule has 0 radical (unpaired) electrons. The van der Waals surface area contributed by atoms with Crippen molar-refractivity contribution in [1.82, 2.24) is 0 Å². The van der Waals surface area contributed by atoms with Gasteiger partial charge in [-0.2, -0.15) is 12.6 Å². The Hall–Kier alpha value is 0.310. The first kappa shape index (κ1) is 14.8. The average Bonchev–Trinajstić information content (AvgIpc) is 2.06. The summed E-state index contributed by atoms with van der Waals surface area (Å²) < 4.78 is 0. The van der Waals surface area contributed by atoms with Crippen LogP contribution in [0, 0.1) is 5.41 Å². The van der Waals surface area contributed by atoms with Gasteiger partial charge < -0.3 is 5.73 Å². The van der Waals surface area contributed by atoms with E-state index in [4.69, 9.17) is 5.73 Å². The van der Waals surface area contributed by atoms with Gasteiger partial charge in [0.2, 0.25) is 0 Å². The molecule has 0 saturated heterocycles. The van der Waals surface area contributed by atoms with Gasteiger partial charge in [-0.3, -0.25) is 0 Å². The maximum absolute atomic E-state index is 5.90. The van der Waals surface area contributed by atoms with Gasteiger partial charge in [-0.15, -0.1) is 0 Å². The summed E-state index contributed by atoms with van der Waals surface area (Å²) in [5.74, 6) is 0.931. The highest BCUT2D eigenvalue weighted by molar-refractivity contribution is 7.80. The Labute approximate surface area is 83.5 Å². The van der Waals surface area contributed by atoms with Gasteiger partial charge >= 0.3 is 0 Å². The van der Waals surface area contributed by atoms with Crippen LogP contribution in [0.4, 0.5) is 0 Å². The molecule has 0 aromatic rings. The zero-order chi connectivity index (χ0) is 10.2. The highest BCUT2D eigenvalue weighted by Crippen LogP contribution is 2.25. The van der Waals surface area contributed by atoms with Crippen molar-refractivity contribution >= 4 is 12.6 Å². The molecule has 0 aliphatic rings. The largest absolute Gasteiger partial charge is 0.327 e. The minimum absolute atomic E-state index is 0.260. The summed E-state index contributed by atoms with van der Waals surface area (Å²) in [6, 6.07) is 0.319. The summed E-state index contributed by atoms with van der Waals surface area (Å²) in [7, 11) is 0. The Balaban J connectivity index is 0. The highest BCUT2D eigenvalue weighted by Gasteiger charge is 2.23. The molecule has 0 heterocycles. The van der Waals surface area contributed by atoms with E-state index in [0.29, 0.717) is 6.04 Å². The van der Waals surface area contributed by atoms with Crippen LogP contribution in [-0.2, 0) is 0 Å². The van der Waals surface area contributed by atoms with E-state index < -0.39 is 0 Å². The fraction of sp³-hybridized carbons (Fsp3) is 1.00. The monoisotopic (exact) mass is 191 g/mol. The van der Waals surface area contributed by atoms with Gasteiger partial charge in [-0.05, 0) is 24.0 Å². The van der Waals surface area contributed by atoms with E-state index in [-0.39, 0.29) is 5.41 Å². The van der Waals surface area contributed by atoms with E-state index in [1.54, 1.807) is 0 Å². The van der Waals surface area contributed by atoms with Crippen LogP contribution >= 0.6 is 12.6 Å². The van der Waals surface area contributed by atoms with Gasteiger partial charge in [0.15, 0.2) is 0 Å². The summed E-state index contributed by atoms with van der Waals surface area (Å²) in [6.07, 6.45) is 2.16. The smallest absolute Gasteiger partial charge is 0.00879 e. The third-order valence-corrected chi connectivity index (χ3v) is 2.42. The molecule has 0 rings (SSSR count). The van der Waals surface area contributed by atoms with Crippen LogP contribution in [0.5, 0.6) is 0 Å². The molecule has 0 bridgehead atoms. The van der Waals surface area contributed by atoms with Crippen LogP contribution in [-0.4, -0.2) is 11.8 Å². The van der Waals surface area contributed by atoms with Gasteiger partial charge in [0, 0.05) is 6.04 Å². The minimum Gasteiger partial charge on any atom is -0.327 e. The second-order valence-corrected chi connectivity index (χ2v) is 3.92. The maximum Gasteiger partial charge on any atom is 0.00879 e. The van der Waals surface area contributed by atoms with Crippen LogP contribution in [0.25, 0.3) is 0 Å². The lowest BCUT2D eigenvalue weighted by Crippen LogP contribution is -2.36. The molecule has 0 amide bonds. The van der Waals surface area contributed by atoms with Crippen molar-refractivity contribution < 1.29 is 0 Å². The van der Waals surface area contributed by atoms with Crippen molar-refractivity contribution in [2.75, 3.05) is 5.75 Å². The van der Waals surface area contributed by atoms with Crippen molar-refractivity contribution in [3.63, 3.8) is 0 Å². The second-order valence-electron chi connectivity index (χ2n) is 3.48. The first-order valence-corrected chi connectivity index (χ1v) is 5.54. The first-order chi connectivity index (χ1) is 5.54. The lowest BCUT2D eigenvalue weighted by molar-refractivity contribution is 0.271. The fourth-order valence-electron chi connectivity index (χ4n) is 1.03. The van der Waals surface area contributed by atoms with Gasteiger partial charge in [0.25, 0.3) is 0 Å². The minimum atomic E-state index is 0.260. The van der Waals surface area contributed by atoms with E-state index >= 15 is 0 Å². The zero-order valence-electron chi connectivity index (χ0n) is 9.22. The molecule has 1 unspecified atom stereocenters. The summed E-state index contributed by atoms with van der Waals surface area (Å²) in [4.78, 5) is 0. The lowest BCUT2D eigenvalue weighted by Gasteiger charge is -2.30. The average molecular weight is 191 g/mol. The van der Waals surface area contributed by atoms with E-state index in [2.05, 4.69) is 33.4 Å². The molecule has 0 aromatic carbocycles. The van der Waals surface area contributed by atoms with Crippen LogP contribution in [0.2, 0.25) is 0 Å². The predicted molar refractivity (Wildman–Crippen MR) is 61.9 cm³/mol. The predicted octanol–water partition coefficient (Wildman–Crippen LogP) is 3.10. The van der Waals surface area contributed by atoms with E-state index in [9.17, 15) is 0 Å². The Morgan fingerprint density at radius 2 is 1.75 bits per heavy atom. The molecule has 0 aromatic heterocycles. The number of thiol groups is 1. The van der Waals surface area contributed by atoms with E-state index in [0.717, 1.165) is 18.6 Å². The van der Waals surface area contributed by atoms with Crippen LogP contribution in [0.3, 0.4) is 0 Å². The molecule has 1 atom stereocenters. The van der Waals surface area contributed by atoms with Crippen molar-refractivity contribution in [3.8, 4) is 0 Å². The molecule has 12 heavy (non-hydrogen) atoms. The van der Waals surface area contributed by atoms with E-state index in [1.807, 2.05) is 13.8 Å². The molecule has 0 aliphatic carbocycles. The molecule has 0 aliphatic heterocycles. The van der Waals surface area contributed by atoms with Crippen molar-refractivity contribution in [1.29, 1.82) is 0 Å². The van der Waals surface area contributed by atoms with Crippen LogP contribution < -0.4 is 5.73 Å². The summed E-state index contributed by atoms with van der Waals surface area (Å²) in [5, 5.41) is 0. The molecule has 76 valence electrons. The lowest BCUT2D eigenvalue weighted by atomic mass is 9.81. The molecular weight excluding hydrogens is 166 g/mol. The Bertz CT molecular complexity index is 91.8. The number of hydrogen-bond acceptors (Lipinski definition) is 2. The van der Waals surface area contributed by atoms with E-state index in [1.165, 1.54) is 0 Å². The number of rotatable bonds is 4. The molecule has 0 spiro atoms. The molecule has 1 nitrogen and oxygen atoms in total. The van der Waals surface area contributed by atoms with Crippen molar-refractivity contribution in [2.45, 2.75) is 53.5 Å². The highest BCUT2D eigenvalue weighted by atomic mass is 32.1. The molecule has 2 heteroatoms. The molecule has 0 saturated carbocycles. The normalized spacial score (nSPS) is 13.2. The first-order valence-electron chi connectivity index (χ1n) is 4.91. The fourth-order valence-corrected chi connectivity index (χ4v) is 1.60. The van der Waals surface area contributed by atoms with Crippen molar-refractivity contribution in [2.24, 2.45) is 11.1 Å². The van der Waals surface area contributed by atoms with Gasteiger partial charge in [0.1, 0.15) is 0 Å². The SMILES string of the molecule is CC.CCC(N)C(C)(C)CCS. The molecule has 0 fully saturated rings. The van der Waals surface area contributed by atoms with Crippen LogP contribution in [0.15, 0.2) is 0 Å². The standard InChI is InChI=1S/C8H19NS.C2H6/c1-4-7(9)8(2,3)5-6-10;1-2/h7,10H,4-6,9H2,1-3H3;1-2H3. The Morgan fingerprint density at radius 1 is 1.33 bits per heavy atom.